The number of halogens is 1. The lowest BCUT2D eigenvalue weighted by Crippen LogP contribution is -2.50. The number of amides is 2. The molecule has 2 aliphatic heterocycles. The minimum absolute atomic E-state index is 0.0424. The summed E-state index contributed by atoms with van der Waals surface area (Å²) < 4.78 is 11.0. The highest BCUT2D eigenvalue weighted by Gasteiger charge is 2.41. The van der Waals surface area contributed by atoms with E-state index in [1.807, 2.05) is 6.07 Å². The molecule has 1 fully saturated rings. The van der Waals surface area contributed by atoms with E-state index in [0.717, 1.165) is 18.4 Å². The Morgan fingerprint density at radius 3 is 2.88 bits per heavy atom. The Morgan fingerprint density at radius 1 is 1.27 bits per heavy atom. The Hall–Kier alpha value is -2.91. The van der Waals surface area contributed by atoms with Gasteiger partial charge in [-0.2, -0.15) is 0 Å². The highest BCUT2D eigenvalue weighted by atomic mass is 35.5. The molecular weight excluding hydrogens is 446 g/mol. The van der Waals surface area contributed by atoms with Gasteiger partial charge in [-0.05, 0) is 63.1 Å². The van der Waals surface area contributed by atoms with E-state index in [1.54, 1.807) is 18.3 Å². The molecule has 0 bridgehead atoms. The molecule has 2 amide bonds. The summed E-state index contributed by atoms with van der Waals surface area (Å²) in [7, 11) is 2.11. The van der Waals surface area contributed by atoms with Crippen LogP contribution in [0.15, 0.2) is 24.4 Å². The molecule has 2 aromatic rings. The molecule has 0 radical (unpaired) electrons. The van der Waals surface area contributed by atoms with Crippen LogP contribution in [0.5, 0.6) is 5.75 Å². The van der Waals surface area contributed by atoms with Crippen molar-refractivity contribution >= 4 is 35.2 Å². The second kappa shape index (κ2) is 8.14. The SMILES string of the molecule is CN(C1Cc2ccnc(Cl)c2C1)C(C)(C)CC1CN(c2ccc3c(n2)NC(=O)CO3)C(=O)O1. The molecule has 0 spiro atoms. The molecule has 1 N–H and O–H groups in total. The maximum atomic E-state index is 12.6. The van der Waals surface area contributed by atoms with E-state index in [1.165, 1.54) is 10.5 Å². The standard InChI is InChI=1S/C23H26ClN5O4/c1-23(2,28(3)14-8-13-6-7-25-20(24)16(13)9-14)10-15-11-29(22(31)33-15)18-5-4-17-21(26-18)27-19(30)12-32-17/h4-7,14-15H,8-12H2,1-3H3,(H,26,27,30). The van der Waals surface area contributed by atoms with Crippen molar-refractivity contribution in [1.82, 2.24) is 14.9 Å². The average Bonchev–Trinajstić information content (AvgIpc) is 3.36. The number of rotatable bonds is 5. The lowest BCUT2D eigenvalue weighted by atomic mass is 9.92. The Bertz CT molecular complexity index is 1120. The van der Waals surface area contributed by atoms with Gasteiger partial charge in [-0.1, -0.05) is 11.6 Å². The van der Waals surface area contributed by atoms with Crippen molar-refractivity contribution in [2.75, 3.05) is 30.4 Å². The van der Waals surface area contributed by atoms with Gasteiger partial charge in [-0.3, -0.25) is 14.6 Å². The predicted molar refractivity (Wildman–Crippen MR) is 123 cm³/mol. The van der Waals surface area contributed by atoms with E-state index < -0.39 is 6.09 Å². The Balaban J connectivity index is 1.26. The van der Waals surface area contributed by atoms with Crippen LogP contribution in [-0.2, 0) is 22.4 Å². The zero-order valence-electron chi connectivity index (χ0n) is 18.8. The molecule has 0 saturated carbocycles. The summed E-state index contributed by atoms with van der Waals surface area (Å²) >= 11 is 6.30. The summed E-state index contributed by atoms with van der Waals surface area (Å²) in [5.41, 5.74) is 2.15. The third-order valence-corrected chi connectivity index (χ3v) is 7.16. The Labute approximate surface area is 197 Å². The fourth-order valence-electron chi connectivity index (χ4n) is 4.86. The molecule has 1 aliphatic carbocycles. The summed E-state index contributed by atoms with van der Waals surface area (Å²) in [6, 6.07) is 5.74. The van der Waals surface area contributed by atoms with E-state index in [9.17, 15) is 9.59 Å². The first-order valence-electron chi connectivity index (χ1n) is 11.0. The van der Waals surface area contributed by atoms with Crippen molar-refractivity contribution in [3.63, 3.8) is 0 Å². The molecule has 2 aromatic heterocycles. The fourth-order valence-corrected chi connectivity index (χ4v) is 5.11. The summed E-state index contributed by atoms with van der Waals surface area (Å²) in [6.07, 6.45) is 3.46. The average molecular weight is 472 g/mol. The molecule has 0 aromatic carbocycles. The fraction of sp³-hybridized carbons (Fsp3) is 0.478. The molecule has 2 unspecified atom stereocenters. The van der Waals surface area contributed by atoms with Crippen molar-refractivity contribution in [1.29, 1.82) is 0 Å². The number of carbonyl (C=O) groups excluding carboxylic acids is 2. The lowest BCUT2D eigenvalue weighted by Gasteiger charge is -2.41. The molecule has 174 valence electrons. The first-order chi connectivity index (χ1) is 15.7. The molecule has 5 rings (SSSR count). The summed E-state index contributed by atoms with van der Waals surface area (Å²) in [6.45, 7) is 4.67. The zero-order chi connectivity index (χ0) is 23.3. The third-order valence-electron chi connectivity index (χ3n) is 6.84. The van der Waals surface area contributed by atoms with Gasteiger partial charge >= 0.3 is 6.09 Å². The Morgan fingerprint density at radius 2 is 2.09 bits per heavy atom. The second-order valence-electron chi connectivity index (χ2n) is 9.40. The van der Waals surface area contributed by atoms with Gasteiger partial charge in [0.25, 0.3) is 5.91 Å². The minimum atomic E-state index is -0.444. The third kappa shape index (κ3) is 4.11. The van der Waals surface area contributed by atoms with Gasteiger partial charge in [0.2, 0.25) is 0 Å². The number of fused-ring (bicyclic) bond motifs is 2. The number of carbonyl (C=O) groups is 2. The van der Waals surface area contributed by atoms with Crippen LogP contribution in [0.25, 0.3) is 0 Å². The number of anilines is 2. The highest BCUT2D eigenvalue weighted by molar-refractivity contribution is 6.30. The minimum Gasteiger partial charge on any atom is -0.480 e. The number of nitrogens with one attached hydrogen (secondary N) is 1. The van der Waals surface area contributed by atoms with E-state index in [-0.39, 0.29) is 24.2 Å². The van der Waals surface area contributed by atoms with Gasteiger partial charge in [0, 0.05) is 24.2 Å². The molecular formula is C23H26ClN5O4. The first-order valence-corrected chi connectivity index (χ1v) is 11.4. The lowest BCUT2D eigenvalue weighted by molar-refractivity contribution is -0.118. The second-order valence-corrected chi connectivity index (χ2v) is 9.76. The summed E-state index contributed by atoms with van der Waals surface area (Å²) in [5, 5.41) is 3.26. The predicted octanol–water partition coefficient (Wildman–Crippen LogP) is 3.05. The van der Waals surface area contributed by atoms with E-state index >= 15 is 0 Å². The first kappa shape index (κ1) is 21.9. The number of aromatic nitrogens is 2. The Kier molecular flexibility index (Phi) is 5.41. The molecule has 1 saturated heterocycles. The topological polar surface area (TPSA) is 96.9 Å². The number of nitrogens with zero attached hydrogens (tertiary/aromatic N) is 4. The largest absolute Gasteiger partial charge is 0.480 e. The van der Waals surface area contributed by atoms with Crippen LogP contribution in [0, 0.1) is 0 Å². The number of likely N-dealkylation sites (N-methyl/N-ethyl adjacent to an activating group) is 1. The van der Waals surface area contributed by atoms with Crippen LogP contribution in [-0.4, -0.2) is 64.8 Å². The number of ether oxygens (including phenoxy) is 2. The summed E-state index contributed by atoms with van der Waals surface area (Å²) in [5.74, 6) is 0.948. The van der Waals surface area contributed by atoms with E-state index in [0.29, 0.717) is 41.5 Å². The number of pyridine rings is 2. The molecule has 4 heterocycles. The maximum absolute atomic E-state index is 12.6. The number of hydrogen-bond donors (Lipinski definition) is 1. The van der Waals surface area contributed by atoms with Gasteiger partial charge in [-0.15, -0.1) is 0 Å². The van der Waals surface area contributed by atoms with E-state index in [2.05, 4.69) is 41.1 Å². The molecule has 33 heavy (non-hydrogen) atoms. The van der Waals surface area contributed by atoms with Gasteiger partial charge in [0.05, 0.1) is 6.54 Å². The summed E-state index contributed by atoms with van der Waals surface area (Å²) in [4.78, 5) is 36.7. The van der Waals surface area contributed by atoms with Crippen molar-refractivity contribution in [2.24, 2.45) is 0 Å². The smallest absolute Gasteiger partial charge is 0.415 e. The maximum Gasteiger partial charge on any atom is 0.415 e. The van der Waals surface area contributed by atoms with Crippen LogP contribution in [0.3, 0.4) is 0 Å². The van der Waals surface area contributed by atoms with Crippen LogP contribution in [0.2, 0.25) is 5.15 Å². The molecule has 9 nitrogen and oxygen atoms in total. The van der Waals surface area contributed by atoms with Crippen molar-refractivity contribution < 1.29 is 19.1 Å². The number of cyclic esters (lactones) is 1. The molecule has 3 aliphatic rings. The van der Waals surface area contributed by atoms with Crippen LogP contribution in [0.1, 0.15) is 31.4 Å². The van der Waals surface area contributed by atoms with Gasteiger partial charge in [0.1, 0.15) is 17.1 Å². The van der Waals surface area contributed by atoms with Gasteiger partial charge < -0.3 is 14.8 Å². The molecule has 2 atom stereocenters. The highest BCUT2D eigenvalue weighted by Crippen LogP contribution is 2.35. The van der Waals surface area contributed by atoms with Crippen LogP contribution < -0.4 is 15.0 Å². The number of hydrogen-bond acceptors (Lipinski definition) is 7. The van der Waals surface area contributed by atoms with Crippen LogP contribution >= 0.6 is 11.6 Å². The molecule has 10 heteroatoms. The van der Waals surface area contributed by atoms with Crippen molar-refractivity contribution in [3.8, 4) is 5.75 Å². The van der Waals surface area contributed by atoms with Gasteiger partial charge in [-0.25, -0.2) is 14.8 Å². The van der Waals surface area contributed by atoms with Crippen LogP contribution in [0.4, 0.5) is 16.4 Å². The van der Waals surface area contributed by atoms with E-state index in [4.69, 9.17) is 21.1 Å². The monoisotopic (exact) mass is 471 g/mol. The van der Waals surface area contributed by atoms with Gasteiger partial charge in [0.15, 0.2) is 18.2 Å². The van der Waals surface area contributed by atoms with Crippen molar-refractivity contribution in [3.05, 3.63) is 40.7 Å². The zero-order valence-corrected chi connectivity index (χ0v) is 19.6. The van der Waals surface area contributed by atoms with Crippen molar-refractivity contribution in [2.45, 2.75) is 50.8 Å². The quantitative estimate of drug-likeness (QED) is 0.669. The normalized spacial score (nSPS) is 22.0.